The Bertz CT molecular complexity index is 978. The number of nitro benzene ring substituents is 1. The van der Waals surface area contributed by atoms with Crippen LogP contribution in [0.15, 0.2) is 60.1 Å². The topological polar surface area (TPSA) is 115 Å². The number of nitrogens with zero attached hydrogens (tertiary/aromatic N) is 5. The average Bonchev–Trinajstić information content (AvgIpc) is 3.12. The van der Waals surface area contributed by atoms with E-state index < -0.39 is 10.8 Å². The van der Waals surface area contributed by atoms with E-state index in [1.807, 2.05) is 25.1 Å². The van der Waals surface area contributed by atoms with Crippen molar-refractivity contribution < 1.29 is 9.72 Å². The molecule has 3 rings (SSSR count). The number of hydrogen-bond acceptors (Lipinski definition) is 6. The largest absolute Gasteiger partial charge is 0.291 e. The van der Waals surface area contributed by atoms with Gasteiger partial charge in [0.05, 0.1) is 11.1 Å². The molecule has 130 valence electrons. The summed E-state index contributed by atoms with van der Waals surface area (Å²) >= 11 is 0. The van der Waals surface area contributed by atoms with Crippen LogP contribution in [0.1, 0.15) is 21.7 Å². The third-order valence-electron chi connectivity index (χ3n) is 3.44. The number of pyridine rings is 1. The van der Waals surface area contributed by atoms with Crippen molar-refractivity contribution in [1.29, 1.82) is 0 Å². The Morgan fingerprint density at radius 3 is 2.73 bits per heavy atom. The van der Waals surface area contributed by atoms with Crippen molar-refractivity contribution in [3.8, 4) is 5.82 Å². The number of benzene rings is 1. The lowest BCUT2D eigenvalue weighted by molar-refractivity contribution is -0.384. The highest BCUT2D eigenvalue weighted by Gasteiger charge is 2.10. The number of carbonyl (C=O) groups excluding carboxylic acids is 1. The number of rotatable bonds is 5. The van der Waals surface area contributed by atoms with Gasteiger partial charge in [-0.05, 0) is 36.8 Å². The number of amides is 1. The molecule has 0 fully saturated rings. The highest BCUT2D eigenvalue weighted by atomic mass is 16.6. The summed E-state index contributed by atoms with van der Waals surface area (Å²) in [6.45, 7) is 1.88. The molecule has 2 heterocycles. The van der Waals surface area contributed by atoms with Crippen LogP contribution in [0.5, 0.6) is 0 Å². The molecule has 1 aromatic carbocycles. The van der Waals surface area contributed by atoms with Crippen LogP contribution in [-0.4, -0.2) is 31.6 Å². The second kappa shape index (κ2) is 7.34. The van der Waals surface area contributed by atoms with E-state index in [2.05, 4.69) is 20.5 Å². The van der Waals surface area contributed by atoms with E-state index in [1.165, 1.54) is 36.8 Å². The van der Waals surface area contributed by atoms with E-state index in [0.717, 1.165) is 5.69 Å². The number of nitro groups is 1. The maximum atomic E-state index is 12.1. The van der Waals surface area contributed by atoms with E-state index in [9.17, 15) is 14.9 Å². The van der Waals surface area contributed by atoms with Gasteiger partial charge in [-0.25, -0.2) is 15.4 Å². The van der Waals surface area contributed by atoms with Crippen LogP contribution >= 0.6 is 0 Å². The lowest BCUT2D eigenvalue weighted by Gasteiger charge is -2.01. The summed E-state index contributed by atoms with van der Waals surface area (Å²) in [7, 11) is 0. The quantitative estimate of drug-likeness (QED) is 0.430. The number of aryl methyl sites for hydroxylation is 1. The number of aromatic nitrogens is 3. The molecule has 0 bridgehead atoms. The zero-order valence-electron chi connectivity index (χ0n) is 13.7. The fourth-order valence-electron chi connectivity index (χ4n) is 2.14. The highest BCUT2D eigenvalue weighted by molar-refractivity contribution is 5.93. The van der Waals surface area contributed by atoms with Crippen molar-refractivity contribution >= 4 is 17.8 Å². The molecule has 0 saturated carbocycles. The van der Waals surface area contributed by atoms with Crippen LogP contribution in [0.4, 0.5) is 5.69 Å². The normalized spacial score (nSPS) is 10.8. The third kappa shape index (κ3) is 3.96. The van der Waals surface area contributed by atoms with Gasteiger partial charge in [-0.15, -0.1) is 0 Å². The molecular weight excluding hydrogens is 336 g/mol. The zero-order chi connectivity index (χ0) is 18.5. The Morgan fingerprint density at radius 2 is 2.04 bits per heavy atom. The molecule has 3 aromatic rings. The molecule has 0 saturated heterocycles. The first kappa shape index (κ1) is 17.0. The molecule has 0 spiro atoms. The molecule has 9 nitrogen and oxygen atoms in total. The number of carbonyl (C=O) groups is 1. The molecular formula is C17H14N6O3. The van der Waals surface area contributed by atoms with Crippen molar-refractivity contribution in [2.24, 2.45) is 5.10 Å². The molecule has 0 aliphatic carbocycles. The van der Waals surface area contributed by atoms with Gasteiger partial charge in [0.15, 0.2) is 0 Å². The SMILES string of the molecule is Cc1cccc(-n2cnc(C(=O)NN=Cc3ccc([N+](=O)[O-])cc3)c2)n1. The van der Waals surface area contributed by atoms with E-state index in [-0.39, 0.29) is 11.4 Å². The monoisotopic (exact) mass is 350 g/mol. The first-order valence-electron chi connectivity index (χ1n) is 7.59. The molecule has 1 amide bonds. The minimum atomic E-state index is -0.484. The molecule has 0 radical (unpaired) electrons. The van der Waals surface area contributed by atoms with Crippen molar-refractivity contribution in [2.45, 2.75) is 6.92 Å². The fraction of sp³-hybridized carbons (Fsp3) is 0.0588. The predicted molar refractivity (Wildman–Crippen MR) is 94.3 cm³/mol. The van der Waals surface area contributed by atoms with Gasteiger partial charge < -0.3 is 0 Å². The first-order valence-corrected chi connectivity index (χ1v) is 7.59. The van der Waals surface area contributed by atoms with Gasteiger partial charge in [0.25, 0.3) is 11.6 Å². The van der Waals surface area contributed by atoms with E-state index in [4.69, 9.17) is 0 Å². The van der Waals surface area contributed by atoms with Gasteiger partial charge in [0, 0.05) is 24.0 Å². The number of imidazole rings is 1. The van der Waals surface area contributed by atoms with E-state index in [0.29, 0.717) is 11.4 Å². The molecule has 0 unspecified atom stereocenters. The van der Waals surface area contributed by atoms with Crippen molar-refractivity contribution in [3.63, 3.8) is 0 Å². The van der Waals surface area contributed by atoms with Gasteiger partial charge in [-0.3, -0.25) is 19.5 Å². The Kier molecular flexibility index (Phi) is 4.79. The van der Waals surface area contributed by atoms with Crippen LogP contribution in [0.2, 0.25) is 0 Å². The molecule has 26 heavy (non-hydrogen) atoms. The number of nitrogens with one attached hydrogen (secondary N) is 1. The van der Waals surface area contributed by atoms with Gasteiger partial charge in [0.2, 0.25) is 0 Å². The molecule has 1 N–H and O–H groups in total. The van der Waals surface area contributed by atoms with E-state index >= 15 is 0 Å². The Morgan fingerprint density at radius 1 is 1.27 bits per heavy atom. The van der Waals surface area contributed by atoms with Gasteiger partial charge in [0.1, 0.15) is 17.8 Å². The van der Waals surface area contributed by atoms with Gasteiger partial charge in [-0.2, -0.15) is 5.10 Å². The number of hydrogen-bond donors (Lipinski definition) is 1. The van der Waals surface area contributed by atoms with Gasteiger partial charge >= 0.3 is 0 Å². The van der Waals surface area contributed by atoms with Crippen LogP contribution in [0.3, 0.4) is 0 Å². The van der Waals surface area contributed by atoms with Crippen molar-refractivity contribution in [1.82, 2.24) is 20.0 Å². The van der Waals surface area contributed by atoms with Crippen LogP contribution < -0.4 is 5.43 Å². The predicted octanol–water partition coefficient (Wildman–Crippen LogP) is 2.25. The Labute approximate surface area is 148 Å². The minimum absolute atomic E-state index is 0.0125. The fourth-order valence-corrected chi connectivity index (χ4v) is 2.14. The molecule has 9 heteroatoms. The summed E-state index contributed by atoms with van der Waals surface area (Å²) in [4.78, 5) is 30.6. The summed E-state index contributed by atoms with van der Waals surface area (Å²) in [6.07, 6.45) is 4.44. The number of hydrazone groups is 1. The van der Waals surface area contributed by atoms with Gasteiger partial charge in [-0.1, -0.05) is 6.07 Å². The van der Waals surface area contributed by atoms with Crippen molar-refractivity contribution in [2.75, 3.05) is 0 Å². The zero-order valence-corrected chi connectivity index (χ0v) is 13.7. The smallest absolute Gasteiger partial charge is 0.290 e. The van der Waals surface area contributed by atoms with E-state index in [1.54, 1.807) is 10.8 Å². The summed E-state index contributed by atoms with van der Waals surface area (Å²) in [6, 6.07) is 11.3. The average molecular weight is 350 g/mol. The first-order chi connectivity index (χ1) is 12.5. The molecule has 2 aromatic heterocycles. The molecule has 0 atom stereocenters. The maximum Gasteiger partial charge on any atom is 0.291 e. The Hall–Kier alpha value is -3.88. The summed E-state index contributed by atoms with van der Waals surface area (Å²) < 4.78 is 1.64. The molecule has 0 aliphatic rings. The number of non-ortho nitro benzene ring substituents is 1. The van der Waals surface area contributed by atoms with Crippen LogP contribution in [0.25, 0.3) is 5.82 Å². The van der Waals surface area contributed by atoms with Crippen LogP contribution in [-0.2, 0) is 0 Å². The lowest BCUT2D eigenvalue weighted by atomic mass is 10.2. The van der Waals surface area contributed by atoms with Crippen molar-refractivity contribution in [3.05, 3.63) is 82.1 Å². The highest BCUT2D eigenvalue weighted by Crippen LogP contribution is 2.10. The summed E-state index contributed by atoms with van der Waals surface area (Å²) in [5.41, 5.74) is 4.01. The molecule has 0 aliphatic heterocycles. The minimum Gasteiger partial charge on any atom is -0.290 e. The standard InChI is InChI=1S/C17H14N6O3/c1-12-3-2-4-16(20-12)22-10-15(18-11-22)17(24)21-19-9-13-5-7-14(8-6-13)23(25)26/h2-11H,1H3,(H,21,24). The third-order valence-corrected chi connectivity index (χ3v) is 3.44. The second-order valence-electron chi connectivity index (χ2n) is 5.35. The lowest BCUT2D eigenvalue weighted by Crippen LogP contribution is -2.18. The summed E-state index contributed by atoms with van der Waals surface area (Å²) in [5, 5.41) is 14.4. The Balaban J connectivity index is 1.64. The second-order valence-corrected chi connectivity index (χ2v) is 5.35. The maximum absolute atomic E-state index is 12.1. The summed E-state index contributed by atoms with van der Waals surface area (Å²) in [5.74, 6) is 0.181. The van der Waals surface area contributed by atoms with Crippen LogP contribution in [0, 0.1) is 17.0 Å².